The number of benzene rings is 2. The Hall–Kier alpha value is -0.390. The first-order valence-corrected chi connectivity index (χ1v) is 7.71. The molecule has 0 bridgehead atoms. The van der Waals surface area contributed by atoms with Gasteiger partial charge in [0.05, 0.1) is 26.3 Å². The largest absolute Gasteiger partial charge is 0.321 e. The Labute approximate surface area is 144 Å². The summed E-state index contributed by atoms with van der Waals surface area (Å²) in [7, 11) is 0. The van der Waals surface area contributed by atoms with Crippen molar-refractivity contribution in [2.45, 2.75) is 4.90 Å². The SMILES string of the molecule is O=C(Nc1ccc(Br)c(Cl)c1Cl)c1cc(S)ccc1Cl. The Morgan fingerprint density at radius 3 is 2.50 bits per heavy atom. The van der Waals surface area contributed by atoms with Crippen molar-refractivity contribution in [1.29, 1.82) is 0 Å². The predicted molar refractivity (Wildman–Crippen MR) is 90.8 cm³/mol. The minimum Gasteiger partial charge on any atom is -0.321 e. The third-order valence-corrected chi connectivity index (χ3v) is 4.86. The number of hydrogen-bond acceptors (Lipinski definition) is 2. The third-order valence-electron chi connectivity index (χ3n) is 2.48. The second-order valence-electron chi connectivity index (χ2n) is 3.84. The summed E-state index contributed by atoms with van der Waals surface area (Å²) < 4.78 is 0.651. The summed E-state index contributed by atoms with van der Waals surface area (Å²) >= 11 is 25.5. The highest BCUT2D eigenvalue weighted by Crippen LogP contribution is 2.36. The molecule has 0 atom stereocenters. The maximum Gasteiger partial charge on any atom is 0.257 e. The molecule has 0 aliphatic rings. The van der Waals surface area contributed by atoms with Gasteiger partial charge in [-0.2, -0.15) is 0 Å². The molecular weight excluding hydrogens is 404 g/mol. The lowest BCUT2D eigenvalue weighted by Crippen LogP contribution is -2.13. The molecular formula is C13H7BrCl3NOS. The van der Waals surface area contributed by atoms with E-state index in [1.807, 2.05) is 0 Å². The second kappa shape index (κ2) is 6.58. The Morgan fingerprint density at radius 2 is 1.80 bits per heavy atom. The number of anilines is 1. The van der Waals surface area contributed by atoms with Gasteiger partial charge in [-0.05, 0) is 46.3 Å². The number of carbonyl (C=O) groups is 1. The average molecular weight is 412 g/mol. The van der Waals surface area contributed by atoms with E-state index < -0.39 is 0 Å². The van der Waals surface area contributed by atoms with Crippen molar-refractivity contribution < 1.29 is 4.79 Å². The fourth-order valence-electron chi connectivity index (χ4n) is 1.50. The monoisotopic (exact) mass is 409 g/mol. The Kier molecular flexibility index (Phi) is 5.26. The molecule has 0 saturated carbocycles. The molecule has 104 valence electrons. The first kappa shape index (κ1) is 16.0. The summed E-state index contributed by atoms with van der Waals surface area (Å²) in [5, 5.41) is 3.59. The van der Waals surface area contributed by atoms with Gasteiger partial charge in [0.25, 0.3) is 5.91 Å². The molecule has 0 fully saturated rings. The molecule has 0 aromatic heterocycles. The van der Waals surface area contributed by atoms with Crippen molar-refractivity contribution in [3.63, 3.8) is 0 Å². The molecule has 0 aliphatic carbocycles. The first-order valence-electron chi connectivity index (χ1n) is 5.33. The highest BCUT2D eigenvalue weighted by atomic mass is 79.9. The van der Waals surface area contributed by atoms with Gasteiger partial charge < -0.3 is 5.32 Å². The molecule has 2 rings (SSSR count). The minimum absolute atomic E-state index is 0.257. The van der Waals surface area contributed by atoms with Crippen molar-refractivity contribution >= 4 is 75.0 Å². The van der Waals surface area contributed by atoms with Crippen molar-refractivity contribution in [3.05, 3.63) is 55.4 Å². The van der Waals surface area contributed by atoms with Crippen molar-refractivity contribution in [1.82, 2.24) is 0 Å². The quantitative estimate of drug-likeness (QED) is 0.464. The van der Waals surface area contributed by atoms with E-state index in [1.165, 1.54) is 0 Å². The van der Waals surface area contributed by atoms with Crippen LogP contribution in [0.15, 0.2) is 39.7 Å². The lowest BCUT2D eigenvalue weighted by Gasteiger charge is -2.10. The molecule has 2 aromatic rings. The maximum atomic E-state index is 12.2. The van der Waals surface area contributed by atoms with Crippen LogP contribution < -0.4 is 5.32 Å². The fraction of sp³-hybridized carbons (Fsp3) is 0. The second-order valence-corrected chi connectivity index (χ2v) is 6.38. The standard InChI is InChI=1S/C13H7BrCl3NOS/c14-8-2-4-10(12(17)11(8)16)18-13(19)7-5-6(20)1-3-9(7)15/h1-5,20H,(H,18,19). The van der Waals surface area contributed by atoms with Crippen molar-refractivity contribution in [2.24, 2.45) is 0 Å². The normalized spacial score (nSPS) is 10.4. The van der Waals surface area contributed by atoms with Gasteiger partial charge in [0, 0.05) is 9.37 Å². The number of hydrogen-bond donors (Lipinski definition) is 2. The van der Waals surface area contributed by atoms with Gasteiger partial charge in [0.1, 0.15) is 0 Å². The minimum atomic E-state index is -0.383. The lowest BCUT2D eigenvalue weighted by molar-refractivity contribution is 0.102. The van der Waals surface area contributed by atoms with Crippen LogP contribution in [-0.4, -0.2) is 5.91 Å². The zero-order valence-electron chi connectivity index (χ0n) is 9.75. The van der Waals surface area contributed by atoms with E-state index in [1.54, 1.807) is 30.3 Å². The lowest BCUT2D eigenvalue weighted by atomic mass is 10.2. The summed E-state index contributed by atoms with van der Waals surface area (Å²) in [5.74, 6) is -0.383. The summed E-state index contributed by atoms with van der Waals surface area (Å²) in [6, 6.07) is 8.23. The van der Waals surface area contributed by atoms with Crippen LogP contribution in [0, 0.1) is 0 Å². The first-order chi connectivity index (χ1) is 9.40. The van der Waals surface area contributed by atoms with Crippen LogP contribution in [-0.2, 0) is 0 Å². The molecule has 0 heterocycles. The summed E-state index contributed by atoms with van der Waals surface area (Å²) in [6.45, 7) is 0. The maximum absolute atomic E-state index is 12.2. The smallest absolute Gasteiger partial charge is 0.257 e. The third kappa shape index (κ3) is 3.43. The van der Waals surface area contributed by atoms with Crippen LogP contribution in [0.4, 0.5) is 5.69 Å². The Morgan fingerprint density at radius 1 is 1.10 bits per heavy atom. The van der Waals surface area contributed by atoms with E-state index in [-0.39, 0.29) is 10.9 Å². The number of rotatable bonds is 2. The molecule has 0 saturated heterocycles. The van der Waals surface area contributed by atoms with Gasteiger partial charge >= 0.3 is 0 Å². The van der Waals surface area contributed by atoms with Crippen LogP contribution in [0.5, 0.6) is 0 Å². The van der Waals surface area contributed by atoms with Crippen LogP contribution in [0.1, 0.15) is 10.4 Å². The van der Waals surface area contributed by atoms with E-state index >= 15 is 0 Å². The Balaban J connectivity index is 2.33. The molecule has 20 heavy (non-hydrogen) atoms. The van der Waals surface area contributed by atoms with E-state index in [2.05, 4.69) is 33.9 Å². The van der Waals surface area contributed by atoms with Crippen LogP contribution in [0.25, 0.3) is 0 Å². The van der Waals surface area contributed by atoms with Gasteiger partial charge in [-0.3, -0.25) is 4.79 Å². The number of halogens is 4. The number of amides is 1. The molecule has 0 radical (unpaired) electrons. The summed E-state index contributed by atoms with van der Waals surface area (Å²) in [6.07, 6.45) is 0. The predicted octanol–water partition coefficient (Wildman–Crippen LogP) is 5.95. The number of carbonyl (C=O) groups excluding carboxylic acids is 1. The molecule has 1 amide bonds. The van der Waals surface area contributed by atoms with Crippen molar-refractivity contribution in [2.75, 3.05) is 5.32 Å². The fourth-order valence-corrected chi connectivity index (χ4v) is 2.73. The van der Waals surface area contributed by atoms with Crippen LogP contribution in [0.3, 0.4) is 0 Å². The van der Waals surface area contributed by atoms with Gasteiger partial charge in [-0.1, -0.05) is 34.8 Å². The van der Waals surface area contributed by atoms with Gasteiger partial charge in [0.2, 0.25) is 0 Å². The zero-order chi connectivity index (χ0) is 14.9. The molecule has 0 spiro atoms. The molecule has 2 nitrogen and oxygen atoms in total. The topological polar surface area (TPSA) is 29.1 Å². The van der Waals surface area contributed by atoms with Gasteiger partial charge in [-0.25, -0.2) is 0 Å². The average Bonchev–Trinajstić information content (AvgIpc) is 2.42. The van der Waals surface area contributed by atoms with E-state index in [9.17, 15) is 4.79 Å². The zero-order valence-corrected chi connectivity index (χ0v) is 14.5. The summed E-state index contributed by atoms with van der Waals surface area (Å²) in [5.41, 5.74) is 0.722. The molecule has 2 aromatic carbocycles. The van der Waals surface area contributed by atoms with E-state index in [4.69, 9.17) is 34.8 Å². The van der Waals surface area contributed by atoms with E-state index in [0.29, 0.717) is 30.7 Å². The molecule has 0 aliphatic heterocycles. The number of thiol groups is 1. The van der Waals surface area contributed by atoms with Crippen molar-refractivity contribution in [3.8, 4) is 0 Å². The Bertz CT molecular complexity index is 694. The number of nitrogens with one attached hydrogen (secondary N) is 1. The van der Waals surface area contributed by atoms with Crippen LogP contribution >= 0.6 is 63.4 Å². The van der Waals surface area contributed by atoms with Crippen LogP contribution in [0.2, 0.25) is 15.1 Å². The highest BCUT2D eigenvalue weighted by molar-refractivity contribution is 9.10. The molecule has 0 unspecified atom stereocenters. The molecule has 1 N–H and O–H groups in total. The highest BCUT2D eigenvalue weighted by Gasteiger charge is 2.14. The van der Waals surface area contributed by atoms with Gasteiger partial charge in [-0.15, -0.1) is 12.6 Å². The molecule has 7 heteroatoms. The van der Waals surface area contributed by atoms with Gasteiger partial charge in [0.15, 0.2) is 0 Å². The van der Waals surface area contributed by atoms with E-state index in [0.717, 1.165) is 0 Å². The summed E-state index contributed by atoms with van der Waals surface area (Å²) in [4.78, 5) is 12.8.